The van der Waals surface area contributed by atoms with Crippen LogP contribution in [-0.2, 0) is 4.79 Å². The van der Waals surface area contributed by atoms with Crippen LogP contribution in [0.25, 0.3) is 0 Å². The second-order valence-corrected chi connectivity index (χ2v) is 9.45. The fraction of sp³-hybridized carbons (Fsp3) is 0.650. The Labute approximate surface area is 181 Å². The number of hydrogen-bond acceptors (Lipinski definition) is 8. The maximum atomic E-state index is 12.8. The molecule has 3 aliphatic rings. The summed E-state index contributed by atoms with van der Waals surface area (Å²) in [5, 5.41) is 3.23. The number of carbonyl (C=O) groups is 2. The zero-order valence-corrected chi connectivity index (χ0v) is 18.5. The first kappa shape index (κ1) is 20.9. The number of rotatable bonds is 5. The van der Waals surface area contributed by atoms with Gasteiger partial charge in [0, 0.05) is 44.8 Å². The summed E-state index contributed by atoms with van der Waals surface area (Å²) in [5.74, 6) is 2.40. The van der Waals surface area contributed by atoms with E-state index in [1.165, 1.54) is 4.90 Å². The number of carbonyl (C=O) groups excluding carboxylic acids is 2. The van der Waals surface area contributed by atoms with Gasteiger partial charge in [0.2, 0.25) is 0 Å². The molecule has 1 N–H and O–H groups in total. The quantitative estimate of drug-likeness (QED) is 0.557. The highest BCUT2D eigenvalue weighted by molar-refractivity contribution is 7.99. The standard InChI is InChI=1S/C20H29N7O2S/c1-13-5-9-26(10-6-13)19-23-16-15(17(28)24-20(29)25(16)3)27(19)11-14(2)12-30-18-21-7-4-8-22-18/h4,7-8,13-16H,5-6,9-12H2,1-3H3,(H,24,28,29). The third kappa shape index (κ3) is 4.23. The highest BCUT2D eigenvalue weighted by Gasteiger charge is 2.50. The molecule has 3 aliphatic heterocycles. The van der Waals surface area contributed by atoms with E-state index in [9.17, 15) is 9.59 Å². The highest BCUT2D eigenvalue weighted by Crippen LogP contribution is 2.29. The number of likely N-dealkylation sites (tertiary alicyclic amines) is 1. The van der Waals surface area contributed by atoms with Gasteiger partial charge in [-0.05, 0) is 30.7 Å². The molecule has 0 saturated carbocycles. The van der Waals surface area contributed by atoms with Crippen LogP contribution in [-0.4, -0.2) is 87.2 Å². The van der Waals surface area contributed by atoms with Gasteiger partial charge in [-0.1, -0.05) is 25.6 Å². The lowest BCUT2D eigenvalue weighted by molar-refractivity contribution is -0.127. The number of nitrogens with one attached hydrogen (secondary N) is 1. The van der Waals surface area contributed by atoms with E-state index in [4.69, 9.17) is 4.99 Å². The van der Waals surface area contributed by atoms with Crippen LogP contribution < -0.4 is 5.32 Å². The topological polar surface area (TPSA) is 94.0 Å². The third-order valence-corrected chi connectivity index (χ3v) is 7.16. The molecule has 0 aliphatic carbocycles. The second-order valence-electron chi connectivity index (χ2n) is 8.46. The van der Waals surface area contributed by atoms with Crippen LogP contribution in [0.1, 0.15) is 26.7 Å². The third-order valence-electron chi connectivity index (χ3n) is 5.95. The molecule has 162 valence electrons. The molecule has 1 aromatic heterocycles. The molecule has 30 heavy (non-hydrogen) atoms. The van der Waals surface area contributed by atoms with Crippen LogP contribution in [0.2, 0.25) is 0 Å². The van der Waals surface area contributed by atoms with Crippen molar-refractivity contribution < 1.29 is 9.59 Å². The summed E-state index contributed by atoms with van der Waals surface area (Å²) in [6, 6.07) is 0.935. The van der Waals surface area contributed by atoms with Crippen LogP contribution in [0, 0.1) is 11.8 Å². The Morgan fingerprint density at radius 2 is 1.93 bits per heavy atom. The number of thioether (sulfide) groups is 1. The minimum atomic E-state index is -0.484. The minimum absolute atomic E-state index is 0.265. The number of amides is 3. The SMILES string of the molecule is CC1CCN(C2=NC3C(C(=O)NC(=O)N3C)N2CC(C)CSc2ncccn2)CC1. The molecule has 4 heterocycles. The van der Waals surface area contributed by atoms with Gasteiger partial charge in [-0.25, -0.2) is 19.8 Å². The predicted octanol–water partition coefficient (Wildman–Crippen LogP) is 1.48. The first-order valence-electron chi connectivity index (χ1n) is 10.5. The van der Waals surface area contributed by atoms with Crippen molar-refractivity contribution in [1.29, 1.82) is 0 Å². The van der Waals surface area contributed by atoms with E-state index in [1.807, 2.05) is 0 Å². The molecule has 0 radical (unpaired) electrons. The summed E-state index contributed by atoms with van der Waals surface area (Å²) >= 11 is 1.61. The predicted molar refractivity (Wildman–Crippen MR) is 115 cm³/mol. The second kappa shape index (κ2) is 8.79. The number of piperidine rings is 1. The number of imide groups is 1. The van der Waals surface area contributed by atoms with Gasteiger partial charge < -0.3 is 14.7 Å². The van der Waals surface area contributed by atoms with E-state index in [2.05, 4.69) is 38.9 Å². The van der Waals surface area contributed by atoms with Crippen molar-refractivity contribution in [1.82, 2.24) is 30.0 Å². The largest absolute Gasteiger partial charge is 0.343 e. The Hall–Kier alpha value is -2.36. The lowest BCUT2D eigenvalue weighted by atomic mass is 9.99. The van der Waals surface area contributed by atoms with Gasteiger partial charge in [-0.3, -0.25) is 10.1 Å². The van der Waals surface area contributed by atoms with Gasteiger partial charge in [0.25, 0.3) is 5.91 Å². The monoisotopic (exact) mass is 431 g/mol. The number of likely N-dealkylation sites (N-methyl/N-ethyl adjacent to an activating group) is 1. The fourth-order valence-corrected chi connectivity index (χ4v) is 4.95. The molecule has 0 aromatic carbocycles. The number of guanidine groups is 1. The molecule has 3 unspecified atom stereocenters. The molecule has 3 atom stereocenters. The van der Waals surface area contributed by atoms with Gasteiger partial charge >= 0.3 is 6.03 Å². The van der Waals surface area contributed by atoms with Crippen molar-refractivity contribution in [3.63, 3.8) is 0 Å². The molecule has 3 amide bonds. The van der Waals surface area contributed by atoms with E-state index >= 15 is 0 Å². The van der Waals surface area contributed by atoms with Crippen molar-refractivity contribution >= 4 is 29.7 Å². The lowest BCUT2D eigenvalue weighted by Crippen LogP contribution is -2.64. The Morgan fingerprint density at radius 3 is 2.63 bits per heavy atom. The summed E-state index contributed by atoms with van der Waals surface area (Å²) in [6.45, 7) is 6.97. The van der Waals surface area contributed by atoms with Gasteiger partial charge in [0.15, 0.2) is 23.3 Å². The molecule has 2 fully saturated rings. The minimum Gasteiger partial charge on any atom is -0.343 e. The van der Waals surface area contributed by atoms with Crippen molar-refractivity contribution in [2.45, 2.75) is 44.1 Å². The summed E-state index contributed by atoms with van der Waals surface area (Å²) in [6.07, 6.45) is 5.23. The maximum absolute atomic E-state index is 12.8. The van der Waals surface area contributed by atoms with Crippen LogP contribution in [0.3, 0.4) is 0 Å². The molecule has 9 nitrogen and oxygen atoms in total. The number of hydrogen-bond donors (Lipinski definition) is 1. The summed E-state index contributed by atoms with van der Waals surface area (Å²) in [4.78, 5) is 44.2. The average molecular weight is 432 g/mol. The molecule has 1 aromatic rings. The molecular weight excluding hydrogens is 402 g/mol. The van der Waals surface area contributed by atoms with Gasteiger partial charge in [-0.2, -0.15) is 0 Å². The van der Waals surface area contributed by atoms with Crippen molar-refractivity contribution in [3.05, 3.63) is 18.5 Å². The number of aromatic nitrogens is 2. The van der Waals surface area contributed by atoms with E-state index in [1.54, 1.807) is 37.3 Å². The van der Waals surface area contributed by atoms with E-state index in [0.29, 0.717) is 12.5 Å². The maximum Gasteiger partial charge on any atom is 0.325 e. The first-order chi connectivity index (χ1) is 14.4. The summed E-state index contributed by atoms with van der Waals surface area (Å²) < 4.78 is 0. The number of nitrogens with zero attached hydrogens (tertiary/aromatic N) is 6. The average Bonchev–Trinajstić information content (AvgIpc) is 3.12. The zero-order valence-electron chi connectivity index (χ0n) is 17.7. The van der Waals surface area contributed by atoms with Crippen molar-refractivity contribution in [2.75, 3.05) is 32.4 Å². The fourth-order valence-electron chi connectivity index (χ4n) is 4.14. The Kier molecular flexibility index (Phi) is 6.12. The van der Waals surface area contributed by atoms with Crippen molar-refractivity contribution in [3.8, 4) is 0 Å². The molecule has 10 heteroatoms. The van der Waals surface area contributed by atoms with Crippen molar-refractivity contribution in [2.24, 2.45) is 16.8 Å². The first-order valence-corrected chi connectivity index (χ1v) is 11.5. The highest BCUT2D eigenvalue weighted by atomic mass is 32.2. The Balaban J connectivity index is 1.50. The molecular formula is C20H29N7O2S. The number of fused-ring (bicyclic) bond motifs is 1. The number of urea groups is 1. The van der Waals surface area contributed by atoms with E-state index in [0.717, 1.165) is 42.8 Å². The molecule has 0 spiro atoms. The van der Waals surface area contributed by atoms with Gasteiger partial charge in [0.1, 0.15) is 0 Å². The van der Waals surface area contributed by atoms with Gasteiger partial charge in [0.05, 0.1) is 0 Å². The lowest BCUT2D eigenvalue weighted by Gasteiger charge is -2.40. The molecule has 4 rings (SSSR count). The van der Waals surface area contributed by atoms with Crippen LogP contribution in [0.5, 0.6) is 0 Å². The van der Waals surface area contributed by atoms with Crippen LogP contribution in [0.15, 0.2) is 28.6 Å². The van der Waals surface area contributed by atoms with E-state index < -0.39 is 12.2 Å². The Bertz CT molecular complexity index is 813. The molecule has 2 saturated heterocycles. The smallest absolute Gasteiger partial charge is 0.325 e. The van der Waals surface area contributed by atoms with Crippen LogP contribution in [0.4, 0.5) is 4.79 Å². The van der Waals surface area contributed by atoms with Crippen LogP contribution >= 0.6 is 11.8 Å². The van der Waals surface area contributed by atoms with Gasteiger partial charge in [-0.15, -0.1) is 0 Å². The summed E-state index contributed by atoms with van der Waals surface area (Å²) in [7, 11) is 1.70. The molecule has 0 bridgehead atoms. The number of aliphatic imine (C=N–C) groups is 1. The zero-order chi connectivity index (χ0) is 21.3. The normalized spacial score (nSPS) is 25.8. The summed E-state index contributed by atoms with van der Waals surface area (Å²) in [5.41, 5.74) is 0. The Morgan fingerprint density at radius 1 is 1.23 bits per heavy atom. The van der Waals surface area contributed by atoms with E-state index in [-0.39, 0.29) is 17.9 Å².